The van der Waals surface area contributed by atoms with Gasteiger partial charge in [-0.3, -0.25) is 0 Å². The van der Waals surface area contributed by atoms with Crippen molar-refractivity contribution in [2.45, 2.75) is 19.1 Å². The van der Waals surface area contributed by atoms with Gasteiger partial charge in [0.05, 0.1) is 28.8 Å². The average Bonchev–Trinajstić information content (AvgIpc) is 4.12. The van der Waals surface area contributed by atoms with Crippen LogP contribution in [0.15, 0.2) is 188 Å². The minimum Gasteiger partial charge on any atom is -0.310 e. The Labute approximate surface area is 363 Å². The number of thiophene rings is 1. The minimum atomic E-state index is -3.68. The number of benzene rings is 9. The number of nitrogens with zero attached hydrogens (tertiary/aromatic N) is 1. The topological polar surface area (TPSA) is 3.24 Å². The van der Waals surface area contributed by atoms with Crippen molar-refractivity contribution >= 4 is 70.1 Å². The van der Waals surface area contributed by atoms with Crippen molar-refractivity contribution in [2.24, 2.45) is 0 Å². The predicted octanol–water partition coefficient (Wildman–Crippen LogP) is 15.5. The smallest absolute Gasteiger partial charge is 0.0651 e. The molecule has 0 saturated carbocycles. The van der Waals surface area contributed by atoms with Crippen molar-refractivity contribution in [3.05, 3.63) is 199 Å². The fraction of sp³-hybridized carbons (Fsp3) is 0.0566. The maximum atomic E-state index is 9.91. The zero-order chi connectivity index (χ0) is 59.9. The molecule has 0 N–H and O–H groups in total. The zero-order valence-corrected chi connectivity index (χ0v) is 28.9. The van der Waals surface area contributed by atoms with Gasteiger partial charge in [-0.15, -0.1) is 11.3 Å². The molecular weight excluding hydrogens is 683 g/mol. The standard InChI is InChI=1S/C53H37NS/c1-53(2)48-20-9-7-16-43(48)44-31-29-40(33-49(44)53)54(39-28-22-34-12-3-4-14-37(34)32-39)38-26-23-36(24-27-38)42-30-25-35-13-5-6-15-41(35)51(42)47-19-11-18-46-45-17-8-10-21-50(45)55-52(46)47/h3-33H,1-2H3/i1D3,2D3,3D,4D,7D,8D,9D,10D,12D,13D,14D,16D,17D,18D,20D,21D,22D,23D,25D,27D,30D,31D,32D. The first-order valence-electron chi connectivity index (χ1n) is 30.4. The third-order valence-electron chi connectivity index (χ3n) is 9.69. The number of hydrogen-bond acceptors (Lipinski definition) is 2. The van der Waals surface area contributed by atoms with Gasteiger partial charge in [0.2, 0.25) is 0 Å². The van der Waals surface area contributed by atoms with E-state index in [4.69, 9.17) is 27.4 Å². The summed E-state index contributed by atoms with van der Waals surface area (Å²) in [6.07, 6.45) is 0. The van der Waals surface area contributed by atoms with E-state index in [0.717, 1.165) is 46.6 Å². The normalized spacial score (nSPS) is 20.5. The summed E-state index contributed by atoms with van der Waals surface area (Å²) in [7, 11) is 0. The second kappa shape index (κ2) is 12.3. The Morgan fingerprint density at radius 1 is 0.509 bits per heavy atom. The minimum absolute atomic E-state index is 0.00768. The molecule has 0 aliphatic heterocycles. The van der Waals surface area contributed by atoms with Crippen molar-refractivity contribution in [1.29, 1.82) is 0 Å². The molecule has 0 amide bonds. The van der Waals surface area contributed by atoms with Gasteiger partial charge in [-0.1, -0.05) is 159 Å². The van der Waals surface area contributed by atoms with E-state index in [0.29, 0.717) is 0 Å². The van der Waals surface area contributed by atoms with Crippen LogP contribution >= 0.6 is 11.3 Å². The monoisotopic (exact) mass is 746 g/mol. The summed E-state index contributed by atoms with van der Waals surface area (Å²) in [4.78, 5) is 0.975. The Bertz CT molecular complexity index is 4560. The third kappa shape index (κ3) is 4.99. The molecule has 1 aliphatic carbocycles. The van der Waals surface area contributed by atoms with Crippen LogP contribution < -0.4 is 4.90 Å². The van der Waals surface area contributed by atoms with Gasteiger partial charge >= 0.3 is 0 Å². The van der Waals surface area contributed by atoms with Crippen LogP contribution in [0.1, 0.15) is 61.8 Å². The quantitative estimate of drug-likeness (QED) is 0.169. The van der Waals surface area contributed by atoms with Gasteiger partial charge < -0.3 is 4.90 Å². The molecule has 1 aliphatic rings. The Balaban J connectivity index is 1.26. The number of hydrogen-bond donors (Lipinski definition) is 0. The van der Waals surface area contributed by atoms with Gasteiger partial charge in [0, 0.05) is 56.4 Å². The third-order valence-corrected chi connectivity index (χ3v) is 10.8. The fourth-order valence-electron chi connectivity index (χ4n) is 7.21. The Hall–Kier alpha value is -6.48. The van der Waals surface area contributed by atoms with E-state index in [2.05, 4.69) is 0 Å². The van der Waals surface area contributed by atoms with Gasteiger partial charge in [0.1, 0.15) is 0 Å². The molecule has 10 aromatic rings. The summed E-state index contributed by atoms with van der Waals surface area (Å²) in [5.41, 5.74) is -7.39. The van der Waals surface area contributed by atoms with Gasteiger partial charge in [-0.05, 0) is 103 Å². The first-order valence-corrected chi connectivity index (χ1v) is 17.7. The first-order chi connectivity index (χ1) is 38.2. The molecule has 1 heterocycles. The summed E-state index contributed by atoms with van der Waals surface area (Å²) in [6.45, 7) is -7.37. The Morgan fingerprint density at radius 2 is 1.33 bits per heavy atom. The van der Waals surface area contributed by atoms with Gasteiger partial charge in [0.25, 0.3) is 0 Å². The molecule has 0 fully saturated rings. The highest BCUT2D eigenvalue weighted by Crippen LogP contribution is 2.51. The van der Waals surface area contributed by atoms with Crippen molar-refractivity contribution in [3.63, 3.8) is 0 Å². The summed E-state index contributed by atoms with van der Waals surface area (Å²) in [5.74, 6) is 0. The molecule has 9 aromatic carbocycles. The highest BCUT2D eigenvalue weighted by molar-refractivity contribution is 7.26. The van der Waals surface area contributed by atoms with Gasteiger partial charge in [0.15, 0.2) is 0 Å². The molecule has 55 heavy (non-hydrogen) atoms. The summed E-state index contributed by atoms with van der Waals surface area (Å²) < 4.78 is 243. The van der Waals surface area contributed by atoms with Crippen LogP contribution in [-0.2, 0) is 5.41 Å². The van der Waals surface area contributed by atoms with Crippen LogP contribution in [0.2, 0.25) is 0 Å². The van der Waals surface area contributed by atoms with Crippen LogP contribution in [0.25, 0.3) is 75.1 Å². The summed E-state index contributed by atoms with van der Waals surface area (Å²) >= 11 is 0.932. The van der Waals surface area contributed by atoms with Crippen molar-refractivity contribution in [1.82, 2.24) is 0 Å². The van der Waals surface area contributed by atoms with E-state index in [9.17, 15) is 9.60 Å². The van der Waals surface area contributed by atoms with E-state index >= 15 is 0 Å². The van der Waals surface area contributed by atoms with Crippen LogP contribution in [0.3, 0.4) is 0 Å². The van der Waals surface area contributed by atoms with Gasteiger partial charge in [-0.2, -0.15) is 0 Å². The maximum Gasteiger partial charge on any atom is 0.0651 e. The second-order valence-corrected chi connectivity index (χ2v) is 13.8. The summed E-state index contributed by atoms with van der Waals surface area (Å²) in [6, 6.07) is -0.626. The van der Waals surface area contributed by atoms with Gasteiger partial charge in [-0.25, -0.2) is 0 Å². The lowest BCUT2D eigenvalue weighted by atomic mass is 9.82. The van der Waals surface area contributed by atoms with E-state index in [-0.39, 0.29) is 71.3 Å². The van der Waals surface area contributed by atoms with E-state index in [1.807, 2.05) is 0 Å². The molecule has 0 bridgehead atoms. The molecule has 0 unspecified atom stereocenters. The van der Waals surface area contributed by atoms with Crippen LogP contribution in [-0.4, -0.2) is 0 Å². The van der Waals surface area contributed by atoms with Crippen LogP contribution in [0.4, 0.5) is 17.1 Å². The number of rotatable bonds is 5. The van der Waals surface area contributed by atoms with E-state index < -0.39 is 178 Å². The Morgan fingerprint density at radius 3 is 2.27 bits per heavy atom. The maximum absolute atomic E-state index is 9.91. The molecule has 260 valence electrons. The summed E-state index contributed by atoms with van der Waals surface area (Å²) in [5, 5.41) is -0.564. The first kappa shape index (κ1) is 15.0. The highest BCUT2D eigenvalue weighted by atomic mass is 32.1. The lowest BCUT2D eigenvalue weighted by Crippen LogP contribution is -2.16. The molecule has 11 rings (SSSR count). The fourth-order valence-corrected chi connectivity index (χ4v) is 8.32. The second-order valence-electron chi connectivity index (χ2n) is 12.8. The Kier molecular flexibility index (Phi) is 3.34. The van der Waals surface area contributed by atoms with E-state index in [1.54, 1.807) is 6.07 Å². The molecule has 0 saturated heterocycles. The largest absolute Gasteiger partial charge is 0.310 e. The molecule has 0 spiro atoms. The van der Waals surface area contributed by atoms with Crippen molar-refractivity contribution in [3.8, 4) is 33.4 Å². The molecule has 0 atom stereocenters. The number of fused-ring (bicyclic) bond motifs is 8. The van der Waals surface area contributed by atoms with Crippen LogP contribution in [0.5, 0.6) is 0 Å². The lowest BCUT2D eigenvalue weighted by molar-refractivity contribution is 0.660. The average molecular weight is 747 g/mol. The molecule has 0 radical (unpaired) electrons. The van der Waals surface area contributed by atoms with Crippen molar-refractivity contribution < 1.29 is 37.0 Å². The lowest BCUT2D eigenvalue weighted by Gasteiger charge is -2.28. The predicted molar refractivity (Wildman–Crippen MR) is 237 cm³/mol. The van der Waals surface area contributed by atoms with Crippen molar-refractivity contribution in [2.75, 3.05) is 4.90 Å². The zero-order valence-electron chi connectivity index (χ0n) is 55.1. The van der Waals surface area contributed by atoms with E-state index in [1.165, 1.54) is 24.3 Å². The van der Waals surface area contributed by atoms with Crippen LogP contribution in [0, 0.1) is 0 Å². The highest BCUT2D eigenvalue weighted by Gasteiger charge is 2.35. The molecular formula is C53H37NS. The molecule has 1 aromatic heterocycles. The molecule has 2 heteroatoms. The molecule has 1 nitrogen and oxygen atoms in total. The number of anilines is 3. The SMILES string of the molecule is [2H]c1cc(N(c2cc([2H])c3c(c2)C(C([2H])([2H])[2H])(C([2H])([2H])[2H])c2c([2H])c([2H])c([2H])c([2H])c2-3)c2cc([2H])c3c([2H])c([2H])c([2H])c([2H])c3c2[2H])c([2H])cc1-c1c([2H])c([2H])c2c([2H])cccc2c1-c1ccc([2H])c2c1sc1c([2H])c([2H])c([2H])c([2H])c12.